The second-order valence-corrected chi connectivity index (χ2v) is 6.40. The van der Waals surface area contributed by atoms with Crippen LogP contribution in [0.1, 0.15) is 31.4 Å². The van der Waals surface area contributed by atoms with Crippen LogP contribution in [0.5, 0.6) is 0 Å². The number of fused-ring (bicyclic) bond motifs is 1. The van der Waals surface area contributed by atoms with E-state index < -0.39 is 0 Å². The molecule has 112 valence electrons. The number of piperidine rings is 1. The highest BCUT2D eigenvalue weighted by atomic mass is 15.1. The summed E-state index contributed by atoms with van der Waals surface area (Å²) in [5.74, 6) is 0.793. The molecule has 1 fully saturated rings. The molecule has 1 aliphatic heterocycles. The van der Waals surface area contributed by atoms with Gasteiger partial charge >= 0.3 is 0 Å². The zero-order chi connectivity index (χ0) is 14.7. The maximum absolute atomic E-state index is 3.52. The second-order valence-electron chi connectivity index (χ2n) is 6.40. The molecule has 0 aromatic heterocycles. The van der Waals surface area contributed by atoms with Crippen molar-refractivity contribution in [3.8, 4) is 0 Å². The van der Waals surface area contributed by atoms with Crippen molar-refractivity contribution in [2.45, 2.75) is 25.8 Å². The van der Waals surface area contributed by atoms with Gasteiger partial charge in [-0.3, -0.25) is 4.90 Å². The highest BCUT2D eigenvalue weighted by Gasteiger charge is 2.19. The Morgan fingerprint density at radius 1 is 1.19 bits per heavy atom. The van der Waals surface area contributed by atoms with Gasteiger partial charge in [0.25, 0.3) is 0 Å². The fraction of sp³-hybridized carbons (Fsp3) is 0.474. The predicted octanol–water partition coefficient (Wildman–Crippen LogP) is 3.83. The molecule has 0 saturated carbocycles. The molecule has 1 saturated heterocycles. The first kappa shape index (κ1) is 14.6. The SMILES string of the molecule is CC(c1cccc2ccccc12)N(C)CC1CCCNC1. The smallest absolute Gasteiger partial charge is 0.0323 e. The molecule has 2 atom stereocenters. The van der Waals surface area contributed by atoms with Crippen molar-refractivity contribution >= 4 is 10.8 Å². The van der Waals surface area contributed by atoms with E-state index in [1.165, 1.54) is 48.8 Å². The number of hydrogen-bond donors (Lipinski definition) is 1. The average Bonchev–Trinajstić information content (AvgIpc) is 2.54. The average molecular weight is 282 g/mol. The predicted molar refractivity (Wildman–Crippen MR) is 90.6 cm³/mol. The summed E-state index contributed by atoms with van der Waals surface area (Å²) in [4.78, 5) is 2.51. The van der Waals surface area contributed by atoms with Gasteiger partial charge in [-0.25, -0.2) is 0 Å². The summed E-state index contributed by atoms with van der Waals surface area (Å²) in [6.45, 7) is 5.88. The number of nitrogens with zero attached hydrogens (tertiary/aromatic N) is 1. The molecule has 2 nitrogen and oxygen atoms in total. The monoisotopic (exact) mass is 282 g/mol. The van der Waals surface area contributed by atoms with Crippen LogP contribution in [0.4, 0.5) is 0 Å². The minimum atomic E-state index is 0.457. The van der Waals surface area contributed by atoms with Gasteiger partial charge in [0.2, 0.25) is 0 Å². The van der Waals surface area contributed by atoms with Gasteiger partial charge in [0.15, 0.2) is 0 Å². The molecular weight excluding hydrogens is 256 g/mol. The van der Waals surface area contributed by atoms with E-state index in [4.69, 9.17) is 0 Å². The van der Waals surface area contributed by atoms with Gasteiger partial charge in [-0.05, 0) is 62.2 Å². The van der Waals surface area contributed by atoms with Crippen LogP contribution in [0.15, 0.2) is 42.5 Å². The van der Waals surface area contributed by atoms with E-state index in [0.717, 1.165) is 5.92 Å². The van der Waals surface area contributed by atoms with E-state index in [1.807, 2.05) is 0 Å². The van der Waals surface area contributed by atoms with Gasteiger partial charge < -0.3 is 5.32 Å². The first-order valence-electron chi connectivity index (χ1n) is 8.14. The molecule has 0 radical (unpaired) electrons. The number of benzene rings is 2. The normalized spacial score (nSPS) is 20.8. The zero-order valence-corrected chi connectivity index (χ0v) is 13.2. The molecule has 0 bridgehead atoms. The molecule has 1 heterocycles. The highest BCUT2D eigenvalue weighted by Crippen LogP contribution is 2.28. The topological polar surface area (TPSA) is 15.3 Å². The fourth-order valence-corrected chi connectivity index (χ4v) is 3.50. The first-order valence-corrected chi connectivity index (χ1v) is 8.14. The van der Waals surface area contributed by atoms with Crippen molar-refractivity contribution in [1.29, 1.82) is 0 Å². The van der Waals surface area contributed by atoms with Crippen molar-refractivity contribution in [2.24, 2.45) is 5.92 Å². The Bertz CT molecular complexity index is 582. The largest absolute Gasteiger partial charge is 0.316 e. The van der Waals surface area contributed by atoms with Gasteiger partial charge in [-0.2, -0.15) is 0 Å². The van der Waals surface area contributed by atoms with E-state index >= 15 is 0 Å². The number of rotatable bonds is 4. The lowest BCUT2D eigenvalue weighted by molar-refractivity contribution is 0.200. The van der Waals surface area contributed by atoms with Crippen LogP contribution in [0.2, 0.25) is 0 Å². The number of nitrogens with one attached hydrogen (secondary N) is 1. The van der Waals surface area contributed by atoms with Gasteiger partial charge in [0, 0.05) is 12.6 Å². The van der Waals surface area contributed by atoms with E-state index in [0.29, 0.717) is 6.04 Å². The summed E-state index contributed by atoms with van der Waals surface area (Å²) >= 11 is 0. The van der Waals surface area contributed by atoms with E-state index in [-0.39, 0.29) is 0 Å². The fourth-order valence-electron chi connectivity index (χ4n) is 3.50. The molecular formula is C19H26N2. The van der Waals surface area contributed by atoms with E-state index in [1.54, 1.807) is 0 Å². The molecule has 3 rings (SSSR count). The van der Waals surface area contributed by atoms with Crippen molar-refractivity contribution in [1.82, 2.24) is 10.2 Å². The maximum atomic E-state index is 3.52. The third-order valence-corrected chi connectivity index (χ3v) is 4.88. The summed E-state index contributed by atoms with van der Waals surface area (Å²) in [5, 5.41) is 6.25. The maximum Gasteiger partial charge on any atom is 0.0323 e. The quantitative estimate of drug-likeness (QED) is 0.917. The summed E-state index contributed by atoms with van der Waals surface area (Å²) in [6.07, 6.45) is 2.68. The van der Waals surface area contributed by atoms with Crippen LogP contribution in [0.25, 0.3) is 10.8 Å². The van der Waals surface area contributed by atoms with Crippen LogP contribution < -0.4 is 5.32 Å². The Kier molecular flexibility index (Phi) is 4.57. The van der Waals surface area contributed by atoms with Crippen molar-refractivity contribution in [3.05, 3.63) is 48.0 Å². The van der Waals surface area contributed by atoms with Crippen LogP contribution in [-0.2, 0) is 0 Å². The molecule has 2 aromatic rings. The highest BCUT2D eigenvalue weighted by molar-refractivity contribution is 5.86. The summed E-state index contributed by atoms with van der Waals surface area (Å²) in [5.41, 5.74) is 1.44. The van der Waals surface area contributed by atoms with Crippen LogP contribution in [-0.4, -0.2) is 31.6 Å². The van der Waals surface area contributed by atoms with Crippen molar-refractivity contribution in [3.63, 3.8) is 0 Å². The molecule has 0 spiro atoms. The molecule has 0 aliphatic carbocycles. The van der Waals surface area contributed by atoms with E-state index in [2.05, 4.69) is 66.7 Å². The van der Waals surface area contributed by atoms with Crippen molar-refractivity contribution < 1.29 is 0 Å². The van der Waals surface area contributed by atoms with Gasteiger partial charge in [0.1, 0.15) is 0 Å². The number of hydrogen-bond acceptors (Lipinski definition) is 2. The van der Waals surface area contributed by atoms with Gasteiger partial charge in [-0.15, -0.1) is 0 Å². The summed E-state index contributed by atoms with van der Waals surface area (Å²) < 4.78 is 0. The van der Waals surface area contributed by atoms with Crippen molar-refractivity contribution in [2.75, 3.05) is 26.7 Å². The lowest BCUT2D eigenvalue weighted by Crippen LogP contribution is -2.37. The Balaban J connectivity index is 1.77. The molecule has 0 amide bonds. The van der Waals surface area contributed by atoms with Gasteiger partial charge in [-0.1, -0.05) is 42.5 Å². The van der Waals surface area contributed by atoms with Crippen LogP contribution in [0.3, 0.4) is 0 Å². The Morgan fingerprint density at radius 2 is 2.00 bits per heavy atom. The standard InChI is InChI=1S/C19H26N2/c1-15(21(2)14-16-7-6-12-20-13-16)18-11-5-9-17-8-3-4-10-19(17)18/h3-5,8-11,15-16,20H,6-7,12-14H2,1-2H3. The molecule has 2 unspecified atom stereocenters. The third-order valence-electron chi connectivity index (χ3n) is 4.88. The Hall–Kier alpha value is -1.38. The van der Waals surface area contributed by atoms with E-state index in [9.17, 15) is 0 Å². The van der Waals surface area contributed by atoms with Gasteiger partial charge in [0.05, 0.1) is 0 Å². The second kappa shape index (κ2) is 6.59. The first-order chi connectivity index (χ1) is 10.3. The minimum absolute atomic E-state index is 0.457. The molecule has 2 heteroatoms. The third kappa shape index (κ3) is 3.28. The lowest BCUT2D eigenvalue weighted by atomic mass is 9.96. The summed E-state index contributed by atoms with van der Waals surface area (Å²) in [7, 11) is 2.26. The zero-order valence-electron chi connectivity index (χ0n) is 13.2. The molecule has 21 heavy (non-hydrogen) atoms. The Labute approximate surface area is 128 Å². The summed E-state index contributed by atoms with van der Waals surface area (Å²) in [6, 6.07) is 15.8. The molecule has 1 N–H and O–H groups in total. The molecule has 2 aromatic carbocycles. The Morgan fingerprint density at radius 3 is 2.81 bits per heavy atom. The molecule has 1 aliphatic rings. The minimum Gasteiger partial charge on any atom is -0.316 e. The lowest BCUT2D eigenvalue weighted by Gasteiger charge is -2.32. The van der Waals surface area contributed by atoms with Crippen LogP contribution in [0, 0.1) is 5.92 Å². The van der Waals surface area contributed by atoms with Crippen LogP contribution >= 0.6 is 0 Å².